The second kappa shape index (κ2) is 6.46. The topological polar surface area (TPSA) is 46.6 Å². The molecule has 0 aliphatic heterocycles. The van der Waals surface area contributed by atoms with Crippen molar-refractivity contribution in [2.75, 3.05) is 13.7 Å². The number of aldehydes is 1. The molecule has 0 aromatic heterocycles. The van der Waals surface area contributed by atoms with E-state index in [1.165, 1.54) is 12.0 Å². The fourth-order valence-electron chi connectivity index (χ4n) is 1.21. The molecule has 0 heterocycles. The fraction of sp³-hybridized carbons (Fsp3) is 0.778. The molecular formula is C9H17NO3. The SMILES string of the molecule is CCCC(C=O)N(CC)C(=O)OC. The smallest absolute Gasteiger partial charge is 0.410 e. The molecule has 0 aliphatic carbocycles. The van der Waals surface area contributed by atoms with Crippen molar-refractivity contribution < 1.29 is 14.3 Å². The molecule has 4 heteroatoms. The number of hydrogen-bond acceptors (Lipinski definition) is 3. The summed E-state index contributed by atoms with van der Waals surface area (Å²) in [7, 11) is 1.32. The van der Waals surface area contributed by atoms with E-state index in [1.807, 2.05) is 13.8 Å². The average molecular weight is 187 g/mol. The van der Waals surface area contributed by atoms with E-state index in [9.17, 15) is 9.59 Å². The molecular weight excluding hydrogens is 170 g/mol. The minimum Gasteiger partial charge on any atom is -0.453 e. The maximum atomic E-state index is 11.2. The predicted octanol–water partition coefficient (Wildman–Crippen LogP) is 1.44. The molecule has 1 amide bonds. The number of carbonyl (C=O) groups is 2. The van der Waals surface area contributed by atoms with Gasteiger partial charge in [-0.1, -0.05) is 13.3 Å². The van der Waals surface area contributed by atoms with Crippen LogP contribution in [0.3, 0.4) is 0 Å². The lowest BCUT2D eigenvalue weighted by Gasteiger charge is -2.24. The molecule has 0 saturated heterocycles. The molecule has 0 bridgehead atoms. The van der Waals surface area contributed by atoms with Crippen LogP contribution in [0.1, 0.15) is 26.7 Å². The van der Waals surface area contributed by atoms with Crippen LogP contribution in [0, 0.1) is 0 Å². The number of likely N-dealkylation sites (N-methyl/N-ethyl adjacent to an activating group) is 1. The van der Waals surface area contributed by atoms with Crippen molar-refractivity contribution in [3.8, 4) is 0 Å². The van der Waals surface area contributed by atoms with Crippen molar-refractivity contribution in [1.82, 2.24) is 4.90 Å². The Morgan fingerprint density at radius 2 is 2.15 bits per heavy atom. The molecule has 1 atom stereocenters. The van der Waals surface area contributed by atoms with Gasteiger partial charge in [0, 0.05) is 6.54 Å². The third-order valence-electron chi connectivity index (χ3n) is 1.89. The summed E-state index contributed by atoms with van der Waals surface area (Å²) in [4.78, 5) is 23.3. The van der Waals surface area contributed by atoms with Gasteiger partial charge >= 0.3 is 6.09 Å². The maximum Gasteiger partial charge on any atom is 0.410 e. The van der Waals surface area contributed by atoms with Crippen LogP contribution >= 0.6 is 0 Å². The number of methoxy groups -OCH3 is 1. The molecule has 0 radical (unpaired) electrons. The van der Waals surface area contributed by atoms with Gasteiger partial charge in [0.1, 0.15) is 6.29 Å². The van der Waals surface area contributed by atoms with Crippen molar-refractivity contribution >= 4 is 12.4 Å². The third-order valence-corrected chi connectivity index (χ3v) is 1.89. The van der Waals surface area contributed by atoms with Gasteiger partial charge in [-0.15, -0.1) is 0 Å². The van der Waals surface area contributed by atoms with Crippen LogP contribution in [0.4, 0.5) is 4.79 Å². The van der Waals surface area contributed by atoms with Crippen molar-refractivity contribution in [1.29, 1.82) is 0 Å². The van der Waals surface area contributed by atoms with Crippen molar-refractivity contribution in [2.24, 2.45) is 0 Å². The van der Waals surface area contributed by atoms with E-state index >= 15 is 0 Å². The van der Waals surface area contributed by atoms with Crippen LogP contribution < -0.4 is 0 Å². The first kappa shape index (κ1) is 11.9. The Kier molecular flexibility index (Phi) is 5.93. The van der Waals surface area contributed by atoms with E-state index in [0.717, 1.165) is 12.7 Å². The summed E-state index contributed by atoms with van der Waals surface area (Å²) >= 11 is 0. The van der Waals surface area contributed by atoms with Gasteiger partial charge in [0.2, 0.25) is 0 Å². The summed E-state index contributed by atoms with van der Waals surface area (Å²) in [5, 5.41) is 0. The van der Waals surface area contributed by atoms with Crippen LogP contribution in [-0.4, -0.2) is 37.0 Å². The first-order chi connectivity index (χ1) is 6.21. The van der Waals surface area contributed by atoms with E-state index in [1.54, 1.807) is 0 Å². The molecule has 0 N–H and O–H groups in total. The number of rotatable bonds is 5. The van der Waals surface area contributed by atoms with E-state index in [2.05, 4.69) is 4.74 Å². The summed E-state index contributed by atoms with van der Waals surface area (Å²) in [6.45, 7) is 4.29. The molecule has 0 aromatic carbocycles. The Morgan fingerprint density at radius 3 is 2.46 bits per heavy atom. The second-order valence-corrected chi connectivity index (χ2v) is 2.75. The van der Waals surface area contributed by atoms with Crippen LogP contribution in [0.25, 0.3) is 0 Å². The standard InChI is InChI=1S/C9H17NO3/c1-4-6-8(7-11)10(5-2)9(12)13-3/h7-8H,4-6H2,1-3H3. The molecule has 13 heavy (non-hydrogen) atoms. The largest absolute Gasteiger partial charge is 0.453 e. The summed E-state index contributed by atoms with van der Waals surface area (Å²) in [5.74, 6) is 0. The number of ether oxygens (including phenoxy) is 1. The van der Waals surface area contributed by atoms with E-state index < -0.39 is 6.09 Å². The molecule has 0 spiro atoms. The molecule has 0 saturated carbocycles. The molecule has 4 nitrogen and oxygen atoms in total. The minimum absolute atomic E-state index is 0.345. The molecule has 0 rings (SSSR count). The molecule has 0 aliphatic rings. The van der Waals surface area contributed by atoms with Crippen LogP contribution in [0.5, 0.6) is 0 Å². The summed E-state index contributed by atoms with van der Waals surface area (Å²) < 4.78 is 4.56. The monoisotopic (exact) mass is 187 g/mol. The van der Waals surface area contributed by atoms with Gasteiger partial charge < -0.3 is 9.53 Å². The number of hydrogen-bond donors (Lipinski definition) is 0. The predicted molar refractivity (Wildman–Crippen MR) is 49.5 cm³/mol. The zero-order valence-electron chi connectivity index (χ0n) is 8.45. The quantitative estimate of drug-likeness (QED) is 0.612. The van der Waals surface area contributed by atoms with E-state index in [4.69, 9.17) is 0 Å². The molecule has 0 aromatic rings. The molecule has 76 valence electrons. The molecule has 1 unspecified atom stereocenters. The van der Waals surface area contributed by atoms with Gasteiger partial charge in [0.25, 0.3) is 0 Å². The van der Waals surface area contributed by atoms with Gasteiger partial charge in [0.15, 0.2) is 0 Å². The van der Waals surface area contributed by atoms with Crippen molar-refractivity contribution in [3.05, 3.63) is 0 Å². The van der Waals surface area contributed by atoms with E-state index in [-0.39, 0.29) is 6.04 Å². The van der Waals surface area contributed by atoms with Gasteiger partial charge in [-0.3, -0.25) is 4.90 Å². The van der Waals surface area contributed by atoms with Crippen molar-refractivity contribution in [3.63, 3.8) is 0 Å². The highest BCUT2D eigenvalue weighted by atomic mass is 16.5. The lowest BCUT2D eigenvalue weighted by Crippen LogP contribution is -2.41. The Morgan fingerprint density at radius 1 is 1.54 bits per heavy atom. The second-order valence-electron chi connectivity index (χ2n) is 2.75. The van der Waals surface area contributed by atoms with Gasteiger partial charge in [0.05, 0.1) is 13.2 Å². The maximum absolute atomic E-state index is 11.2. The van der Waals surface area contributed by atoms with Crippen LogP contribution in [0.2, 0.25) is 0 Å². The first-order valence-corrected chi connectivity index (χ1v) is 4.51. The zero-order chi connectivity index (χ0) is 10.3. The van der Waals surface area contributed by atoms with E-state index in [0.29, 0.717) is 13.0 Å². The van der Waals surface area contributed by atoms with Crippen molar-refractivity contribution in [2.45, 2.75) is 32.7 Å². The molecule has 0 fully saturated rings. The highest BCUT2D eigenvalue weighted by Crippen LogP contribution is 2.05. The average Bonchev–Trinajstić information content (AvgIpc) is 2.17. The summed E-state index contributed by atoms with van der Waals surface area (Å²) in [5.41, 5.74) is 0. The van der Waals surface area contributed by atoms with Gasteiger partial charge in [-0.05, 0) is 13.3 Å². The lowest BCUT2D eigenvalue weighted by atomic mass is 10.1. The number of amides is 1. The number of carbonyl (C=O) groups excluding carboxylic acids is 2. The lowest BCUT2D eigenvalue weighted by molar-refractivity contribution is -0.112. The Hall–Kier alpha value is -1.06. The Labute approximate surface area is 78.9 Å². The Bertz CT molecular complexity index is 170. The van der Waals surface area contributed by atoms with Crippen LogP contribution in [-0.2, 0) is 9.53 Å². The highest BCUT2D eigenvalue weighted by Gasteiger charge is 2.20. The summed E-state index contributed by atoms with van der Waals surface area (Å²) in [6.07, 6.45) is 1.92. The summed E-state index contributed by atoms with van der Waals surface area (Å²) in [6, 6.07) is -0.345. The fourth-order valence-corrected chi connectivity index (χ4v) is 1.21. The zero-order valence-corrected chi connectivity index (χ0v) is 8.45. The van der Waals surface area contributed by atoms with Gasteiger partial charge in [-0.25, -0.2) is 4.79 Å². The minimum atomic E-state index is -0.437. The van der Waals surface area contributed by atoms with Crippen LogP contribution in [0.15, 0.2) is 0 Å². The van der Waals surface area contributed by atoms with Gasteiger partial charge in [-0.2, -0.15) is 0 Å². The number of nitrogens with zero attached hydrogens (tertiary/aromatic N) is 1. The third kappa shape index (κ3) is 3.44. The Balaban J connectivity index is 4.32. The highest BCUT2D eigenvalue weighted by molar-refractivity contribution is 5.73. The normalized spacial score (nSPS) is 11.9. The first-order valence-electron chi connectivity index (χ1n) is 4.51.